The zero-order chi connectivity index (χ0) is 18.5. The van der Waals surface area contributed by atoms with Crippen molar-refractivity contribution >= 4 is 29.1 Å². The average molecular weight is 379 g/mol. The lowest BCUT2D eigenvalue weighted by Crippen LogP contribution is -2.41. The molecule has 142 valence electrons. The second kappa shape index (κ2) is 8.76. The maximum absolute atomic E-state index is 12.6. The number of carbonyl (C=O) groups excluding carboxylic acids is 2. The monoisotopic (exact) mass is 378 g/mol. The van der Waals surface area contributed by atoms with E-state index < -0.39 is 0 Å². The summed E-state index contributed by atoms with van der Waals surface area (Å²) >= 11 is 6.02. The number of rotatable bonds is 4. The van der Waals surface area contributed by atoms with Gasteiger partial charge in [0, 0.05) is 29.9 Å². The smallest absolute Gasteiger partial charge is 0.227 e. The van der Waals surface area contributed by atoms with Crippen LogP contribution in [0.3, 0.4) is 0 Å². The molecule has 1 aliphatic carbocycles. The molecule has 6 heteroatoms. The second-order valence-electron chi connectivity index (χ2n) is 7.27. The van der Waals surface area contributed by atoms with Gasteiger partial charge in [0.15, 0.2) is 0 Å². The van der Waals surface area contributed by atoms with Crippen LogP contribution in [0.2, 0.25) is 5.02 Å². The topological polar surface area (TPSA) is 58.6 Å². The summed E-state index contributed by atoms with van der Waals surface area (Å²) in [6.45, 7) is 1.79. The summed E-state index contributed by atoms with van der Waals surface area (Å²) in [6, 6.07) is 5.17. The Kier molecular flexibility index (Phi) is 6.41. The first kappa shape index (κ1) is 19.0. The van der Waals surface area contributed by atoms with Gasteiger partial charge in [0.2, 0.25) is 11.8 Å². The molecule has 1 heterocycles. The third kappa shape index (κ3) is 4.50. The molecule has 2 aliphatic rings. The first-order valence-corrected chi connectivity index (χ1v) is 9.89. The molecular formula is C20H27ClN2O3. The van der Waals surface area contributed by atoms with Crippen molar-refractivity contribution in [1.29, 1.82) is 0 Å². The van der Waals surface area contributed by atoms with E-state index in [9.17, 15) is 9.59 Å². The zero-order valence-corrected chi connectivity index (χ0v) is 16.1. The molecule has 1 aromatic rings. The lowest BCUT2D eigenvalue weighted by molar-refractivity contribution is -0.138. The number of hydrogen-bond donors (Lipinski definition) is 1. The summed E-state index contributed by atoms with van der Waals surface area (Å²) in [5.74, 6) is 0.883. The van der Waals surface area contributed by atoms with Gasteiger partial charge in [-0.1, -0.05) is 11.6 Å². The fourth-order valence-corrected chi connectivity index (χ4v) is 4.16. The van der Waals surface area contributed by atoms with Crippen molar-refractivity contribution in [3.8, 4) is 5.75 Å². The largest absolute Gasteiger partial charge is 0.495 e. The van der Waals surface area contributed by atoms with E-state index in [4.69, 9.17) is 16.3 Å². The highest BCUT2D eigenvalue weighted by molar-refractivity contribution is 6.31. The van der Waals surface area contributed by atoms with Gasteiger partial charge in [0.1, 0.15) is 5.75 Å². The Morgan fingerprint density at radius 1 is 1.08 bits per heavy atom. The SMILES string of the molecule is COc1ccc(Cl)cc1NC(=O)C1CCC(C(=O)N2CCCCC2)CC1. The van der Waals surface area contributed by atoms with E-state index in [0.717, 1.165) is 51.6 Å². The molecule has 1 saturated carbocycles. The van der Waals surface area contributed by atoms with Crippen LogP contribution >= 0.6 is 11.6 Å². The molecule has 1 N–H and O–H groups in total. The average Bonchev–Trinajstić information content (AvgIpc) is 2.68. The van der Waals surface area contributed by atoms with Crippen molar-refractivity contribution in [2.75, 3.05) is 25.5 Å². The molecule has 2 amide bonds. The number of amides is 2. The van der Waals surface area contributed by atoms with Gasteiger partial charge in [-0.15, -0.1) is 0 Å². The van der Waals surface area contributed by atoms with Crippen LogP contribution in [0.1, 0.15) is 44.9 Å². The Morgan fingerprint density at radius 2 is 1.73 bits per heavy atom. The van der Waals surface area contributed by atoms with Gasteiger partial charge in [0.05, 0.1) is 12.8 Å². The highest BCUT2D eigenvalue weighted by Gasteiger charge is 2.32. The maximum Gasteiger partial charge on any atom is 0.227 e. The first-order valence-electron chi connectivity index (χ1n) is 9.51. The minimum Gasteiger partial charge on any atom is -0.495 e. The van der Waals surface area contributed by atoms with Crippen molar-refractivity contribution in [2.45, 2.75) is 44.9 Å². The van der Waals surface area contributed by atoms with Crippen molar-refractivity contribution in [2.24, 2.45) is 11.8 Å². The summed E-state index contributed by atoms with van der Waals surface area (Å²) in [6.07, 6.45) is 6.54. The number of anilines is 1. The van der Waals surface area contributed by atoms with Crippen molar-refractivity contribution in [3.05, 3.63) is 23.2 Å². The standard InChI is InChI=1S/C20H27ClN2O3/c1-26-18-10-9-16(21)13-17(18)22-19(24)14-5-7-15(8-6-14)20(25)23-11-3-2-4-12-23/h9-10,13-15H,2-8,11-12H2,1H3,(H,22,24). The molecule has 0 atom stereocenters. The fourth-order valence-electron chi connectivity index (χ4n) is 3.99. The minimum atomic E-state index is -0.0657. The molecular weight excluding hydrogens is 352 g/mol. The van der Waals surface area contributed by atoms with Crippen molar-refractivity contribution < 1.29 is 14.3 Å². The first-order chi connectivity index (χ1) is 12.6. The highest BCUT2D eigenvalue weighted by Crippen LogP contribution is 2.33. The van der Waals surface area contributed by atoms with E-state index in [2.05, 4.69) is 5.32 Å². The number of halogens is 1. The predicted molar refractivity (Wildman–Crippen MR) is 103 cm³/mol. The number of methoxy groups -OCH3 is 1. The lowest BCUT2D eigenvalue weighted by Gasteiger charge is -2.33. The molecule has 2 fully saturated rings. The molecule has 0 spiro atoms. The summed E-state index contributed by atoms with van der Waals surface area (Å²) in [5, 5.41) is 3.49. The van der Waals surface area contributed by atoms with Gasteiger partial charge >= 0.3 is 0 Å². The molecule has 3 rings (SSSR count). The van der Waals surface area contributed by atoms with Gasteiger partial charge in [-0.25, -0.2) is 0 Å². The Balaban J connectivity index is 1.53. The van der Waals surface area contributed by atoms with Crippen LogP contribution in [-0.4, -0.2) is 36.9 Å². The zero-order valence-electron chi connectivity index (χ0n) is 15.3. The van der Waals surface area contributed by atoms with E-state index in [1.807, 2.05) is 4.90 Å². The van der Waals surface area contributed by atoms with Gasteiger partial charge in [-0.05, 0) is 63.1 Å². The third-order valence-corrected chi connectivity index (χ3v) is 5.77. The van der Waals surface area contributed by atoms with Crippen LogP contribution in [0.4, 0.5) is 5.69 Å². The van der Waals surface area contributed by atoms with Crippen LogP contribution in [0.5, 0.6) is 5.75 Å². The Hall–Kier alpha value is -1.75. The second-order valence-corrected chi connectivity index (χ2v) is 7.70. The molecule has 1 aromatic carbocycles. The van der Waals surface area contributed by atoms with E-state index in [1.54, 1.807) is 25.3 Å². The summed E-state index contributed by atoms with van der Waals surface area (Å²) in [7, 11) is 1.57. The summed E-state index contributed by atoms with van der Waals surface area (Å²) in [4.78, 5) is 27.3. The molecule has 0 radical (unpaired) electrons. The van der Waals surface area contributed by atoms with Gasteiger partial charge in [-0.2, -0.15) is 0 Å². The summed E-state index contributed by atoms with van der Waals surface area (Å²) < 4.78 is 5.28. The Morgan fingerprint density at radius 3 is 2.38 bits per heavy atom. The van der Waals surface area contributed by atoms with Crippen molar-refractivity contribution in [3.63, 3.8) is 0 Å². The Bertz CT molecular complexity index is 650. The molecule has 0 unspecified atom stereocenters. The van der Waals surface area contributed by atoms with Crippen LogP contribution in [0, 0.1) is 11.8 Å². The number of carbonyl (C=O) groups is 2. The minimum absolute atomic E-state index is 0.0190. The van der Waals surface area contributed by atoms with E-state index in [1.165, 1.54) is 6.42 Å². The van der Waals surface area contributed by atoms with E-state index in [-0.39, 0.29) is 17.7 Å². The molecule has 1 aliphatic heterocycles. The number of nitrogens with zero attached hydrogens (tertiary/aromatic N) is 1. The number of nitrogens with one attached hydrogen (secondary N) is 1. The fraction of sp³-hybridized carbons (Fsp3) is 0.600. The lowest BCUT2D eigenvalue weighted by atomic mass is 9.80. The molecule has 5 nitrogen and oxygen atoms in total. The molecule has 0 bridgehead atoms. The Labute approximate surface area is 160 Å². The van der Waals surface area contributed by atoms with Crippen LogP contribution in [0.25, 0.3) is 0 Å². The van der Waals surface area contributed by atoms with E-state index in [0.29, 0.717) is 22.4 Å². The maximum atomic E-state index is 12.6. The number of hydrogen-bond acceptors (Lipinski definition) is 3. The quantitative estimate of drug-likeness (QED) is 0.857. The van der Waals surface area contributed by atoms with Crippen molar-refractivity contribution in [1.82, 2.24) is 4.90 Å². The summed E-state index contributed by atoms with van der Waals surface area (Å²) in [5.41, 5.74) is 0.594. The van der Waals surface area contributed by atoms with Crippen LogP contribution < -0.4 is 10.1 Å². The number of benzene rings is 1. The van der Waals surface area contributed by atoms with Gasteiger partial charge in [0.25, 0.3) is 0 Å². The number of piperidine rings is 1. The van der Waals surface area contributed by atoms with Gasteiger partial charge in [-0.3, -0.25) is 9.59 Å². The molecule has 0 aromatic heterocycles. The van der Waals surface area contributed by atoms with Crippen LogP contribution in [-0.2, 0) is 9.59 Å². The third-order valence-electron chi connectivity index (χ3n) is 5.53. The highest BCUT2D eigenvalue weighted by atomic mass is 35.5. The van der Waals surface area contributed by atoms with Gasteiger partial charge < -0.3 is 15.0 Å². The molecule has 26 heavy (non-hydrogen) atoms. The predicted octanol–water partition coefficient (Wildman–Crippen LogP) is 4.11. The molecule has 1 saturated heterocycles. The number of ether oxygens (including phenoxy) is 1. The normalized spacial score (nSPS) is 23.4. The van der Waals surface area contributed by atoms with E-state index >= 15 is 0 Å². The number of likely N-dealkylation sites (tertiary alicyclic amines) is 1. The van der Waals surface area contributed by atoms with Crippen LogP contribution in [0.15, 0.2) is 18.2 Å².